The Bertz CT molecular complexity index is 791. The molecule has 0 aliphatic rings. The first-order valence-corrected chi connectivity index (χ1v) is 22.7. The molecule has 0 aromatic carbocycles. The molecule has 9 heteroatoms. The lowest BCUT2D eigenvalue weighted by atomic mass is 9.95. The van der Waals surface area contributed by atoms with E-state index in [1.807, 2.05) is 21.1 Å². The summed E-state index contributed by atoms with van der Waals surface area (Å²) in [4.78, 5) is 25.1. The maximum atomic E-state index is 12.6. The molecule has 50 heavy (non-hydrogen) atoms. The normalized spacial score (nSPS) is 14.5. The third-order valence-electron chi connectivity index (χ3n) is 9.59. The van der Waals surface area contributed by atoms with Crippen molar-refractivity contribution in [2.45, 2.75) is 200 Å². The molecule has 0 amide bonds. The van der Waals surface area contributed by atoms with Crippen LogP contribution >= 0.6 is 7.82 Å². The standard InChI is InChI=1S/C41H84NO7P/c1-7-10-13-16-17-18-19-20-21-22-23-24-25-27-30-33-41(43)47-37-40(38-49-50(44,45)48-35-34-42(4,5)6)46-36-39(31-28-15-12-9-3)32-29-26-14-11-8-2/h39-40H,7-38H2,1-6H3. The summed E-state index contributed by atoms with van der Waals surface area (Å²) in [6.07, 6.45) is 32.1. The van der Waals surface area contributed by atoms with Gasteiger partial charge in [0.15, 0.2) is 0 Å². The Balaban J connectivity index is 4.65. The molecule has 0 aromatic heterocycles. The molecule has 0 aromatic rings. The number of phosphoric acid groups is 1. The minimum Gasteiger partial charge on any atom is -0.756 e. The molecule has 0 spiro atoms. The van der Waals surface area contributed by atoms with Gasteiger partial charge in [0.1, 0.15) is 25.9 Å². The fourth-order valence-corrected chi connectivity index (χ4v) is 6.89. The van der Waals surface area contributed by atoms with Crippen LogP contribution in [0.4, 0.5) is 0 Å². The van der Waals surface area contributed by atoms with Gasteiger partial charge in [0.25, 0.3) is 7.82 Å². The van der Waals surface area contributed by atoms with E-state index in [0.29, 0.717) is 30.0 Å². The number of hydrogen-bond acceptors (Lipinski definition) is 7. The maximum Gasteiger partial charge on any atom is 0.305 e. The van der Waals surface area contributed by atoms with E-state index in [-0.39, 0.29) is 25.8 Å². The molecule has 0 N–H and O–H groups in total. The molecule has 0 fully saturated rings. The molecule has 8 nitrogen and oxygen atoms in total. The van der Waals surface area contributed by atoms with Gasteiger partial charge < -0.3 is 27.9 Å². The fourth-order valence-electron chi connectivity index (χ4n) is 6.16. The van der Waals surface area contributed by atoms with Crippen LogP contribution in [0.5, 0.6) is 0 Å². The molecule has 0 rings (SSSR count). The van der Waals surface area contributed by atoms with E-state index < -0.39 is 13.9 Å². The second kappa shape index (κ2) is 34.3. The first-order chi connectivity index (χ1) is 24.0. The zero-order valence-electron chi connectivity index (χ0n) is 34.0. The summed E-state index contributed by atoms with van der Waals surface area (Å²) in [5, 5.41) is 0. The van der Waals surface area contributed by atoms with Gasteiger partial charge in [-0.3, -0.25) is 9.36 Å². The predicted molar refractivity (Wildman–Crippen MR) is 208 cm³/mol. The first kappa shape index (κ1) is 49.5. The number of carbonyl (C=O) groups is 1. The molecule has 0 saturated carbocycles. The van der Waals surface area contributed by atoms with E-state index in [1.54, 1.807) is 0 Å². The molecule has 0 heterocycles. The fraction of sp³-hybridized carbons (Fsp3) is 0.976. The summed E-state index contributed by atoms with van der Waals surface area (Å²) in [6, 6.07) is 0. The lowest BCUT2D eigenvalue weighted by Gasteiger charge is -2.29. The van der Waals surface area contributed by atoms with Gasteiger partial charge in [-0.1, -0.05) is 168 Å². The van der Waals surface area contributed by atoms with Crippen molar-refractivity contribution in [3.63, 3.8) is 0 Å². The van der Waals surface area contributed by atoms with E-state index in [0.717, 1.165) is 32.1 Å². The molecule has 3 unspecified atom stereocenters. The topological polar surface area (TPSA) is 94.1 Å². The molecule has 0 radical (unpaired) electrons. The number of carbonyl (C=O) groups excluding carboxylic acids is 1. The Morgan fingerprint density at radius 3 is 1.46 bits per heavy atom. The van der Waals surface area contributed by atoms with Crippen LogP contribution in [0.3, 0.4) is 0 Å². The van der Waals surface area contributed by atoms with Crippen molar-refractivity contribution in [2.24, 2.45) is 5.92 Å². The molecular formula is C41H84NO7P. The van der Waals surface area contributed by atoms with Crippen molar-refractivity contribution in [1.82, 2.24) is 0 Å². The second-order valence-electron chi connectivity index (χ2n) is 15.8. The third kappa shape index (κ3) is 35.9. The average molecular weight is 734 g/mol. The van der Waals surface area contributed by atoms with E-state index in [2.05, 4.69) is 20.8 Å². The highest BCUT2D eigenvalue weighted by atomic mass is 31.2. The molecule has 0 saturated heterocycles. The van der Waals surface area contributed by atoms with E-state index in [9.17, 15) is 14.3 Å². The van der Waals surface area contributed by atoms with Crippen LogP contribution in [0.15, 0.2) is 0 Å². The van der Waals surface area contributed by atoms with Crippen LogP contribution in [-0.4, -0.2) is 70.7 Å². The molecule has 0 aliphatic carbocycles. The molecule has 0 aliphatic heterocycles. The zero-order valence-corrected chi connectivity index (χ0v) is 34.9. The summed E-state index contributed by atoms with van der Waals surface area (Å²) in [7, 11) is 1.41. The number of rotatable bonds is 39. The number of hydrogen-bond donors (Lipinski definition) is 0. The lowest BCUT2D eigenvalue weighted by molar-refractivity contribution is -0.870. The van der Waals surface area contributed by atoms with Gasteiger partial charge in [0, 0.05) is 6.42 Å². The molecule has 0 bridgehead atoms. The highest BCUT2D eigenvalue weighted by molar-refractivity contribution is 7.45. The SMILES string of the molecule is CCCCCCCCCCCCCCCCCC(=O)OCC(COP(=O)([O-])OCC[N+](C)(C)C)OCC(CCCCCC)CCCCCCC. The summed E-state index contributed by atoms with van der Waals surface area (Å²) in [5.41, 5.74) is 0. The summed E-state index contributed by atoms with van der Waals surface area (Å²) < 4.78 is 35.3. The Kier molecular flexibility index (Phi) is 33.9. The highest BCUT2D eigenvalue weighted by Gasteiger charge is 2.21. The van der Waals surface area contributed by atoms with Crippen LogP contribution in [0.25, 0.3) is 0 Å². The monoisotopic (exact) mass is 734 g/mol. The van der Waals surface area contributed by atoms with Gasteiger partial charge in [0.05, 0.1) is 34.4 Å². The van der Waals surface area contributed by atoms with Crippen molar-refractivity contribution in [3.05, 3.63) is 0 Å². The van der Waals surface area contributed by atoms with Gasteiger partial charge >= 0.3 is 5.97 Å². The Morgan fingerprint density at radius 1 is 0.580 bits per heavy atom. The van der Waals surface area contributed by atoms with E-state index in [1.165, 1.54) is 135 Å². The van der Waals surface area contributed by atoms with Gasteiger partial charge in [0.2, 0.25) is 0 Å². The van der Waals surface area contributed by atoms with Gasteiger partial charge in [-0.05, 0) is 25.2 Å². The minimum atomic E-state index is -4.51. The number of quaternary nitrogens is 1. The second-order valence-corrected chi connectivity index (χ2v) is 17.3. The van der Waals surface area contributed by atoms with Crippen molar-refractivity contribution in [1.29, 1.82) is 0 Å². The van der Waals surface area contributed by atoms with Gasteiger partial charge in [-0.25, -0.2) is 0 Å². The van der Waals surface area contributed by atoms with Gasteiger partial charge in [-0.2, -0.15) is 0 Å². The Morgan fingerprint density at radius 2 is 1.00 bits per heavy atom. The largest absolute Gasteiger partial charge is 0.756 e. The molecule has 300 valence electrons. The number of esters is 1. The van der Waals surface area contributed by atoms with E-state index >= 15 is 0 Å². The summed E-state index contributed by atoms with van der Waals surface area (Å²) in [5.74, 6) is 0.136. The van der Waals surface area contributed by atoms with Crippen LogP contribution in [0, 0.1) is 5.92 Å². The predicted octanol–water partition coefficient (Wildman–Crippen LogP) is 11.3. The van der Waals surface area contributed by atoms with Crippen LogP contribution in [-0.2, 0) is 27.9 Å². The van der Waals surface area contributed by atoms with Crippen molar-refractivity contribution < 1.29 is 37.3 Å². The Hall–Kier alpha value is -0.500. The number of ether oxygens (including phenoxy) is 2. The van der Waals surface area contributed by atoms with Crippen LogP contribution in [0.2, 0.25) is 0 Å². The van der Waals surface area contributed by atoms with Gasteiger partial charge in [-0.15, -0.1) is 0 Å². The van der Waals surface area contributed by atoms with E-state index in [4.69, 9.17) is 18.5 Å². The highest BCUT2D eigenvalue weighted by Crippen LogP contribution is 2.38. The van der Waals surface area contributed by atoms with Crippen molar-refractivity contribution >= 4 is 13.8 Å². The summed E-state index contributed by atoms with van der Waals surface area (Å²) >= 11 is 0. The number of nitrogens with zero attached hydrogens (tertiary/aromatic N) is 1. The first-order valence-electron chi connectivity index (χ1n) is 21.2. The maximum absolute atomic E-state index is 12.6. The third-order valence-corrected chi connectivity index (χ3v) is 10.6. The van der Waals surface area contributed by atoms with Crippen LogP contribution < -0.4 is 4.89 Å². The molecular weight excluding hydrogens is 649 g/mol. The number of phosphoric ester groups is 1. The number of unbranched alkanes of at least 4 members (excludes halogenated alkanes) is 21. The lowest BCUT2D eigenvalue weighted by Crippen LogP contribution is -2.37. The van der Waals surface area contributed by atoms with Crippen molar-refractivity contribution in [3.8, 4) is 0 Å². The molecule has 3 atom stereocenters. The summed E-state index contributed by atoms with van der Waals surface area (Å²) in [6.45, 7) is 7.57. The van der Waals surface area contributed by atoms with Crippen molar-refractivity contribution in [2.75, 3.05) is 54.1 Å². The zero-order chi connectivity index (χ0) is 37.2. The quantitative estimate of drug-likeness (QED) is 0.0269. The van der Waals surface area contributed by atoms with Crippen LogP contribution in [0.1, 0.15) is 194 Å². The average Bonchev–Trinajstić information content (AvgIpc) is 3.06. The minimum absolute atomic E-state index is 0.0183. The Labute approximate surface area is 310 Å². The smallest absolute Gasteiger partial charge is 0.305 e. The number of likely N-dealkylation sites (N-methyl/N-ethyl adjacent to an activating group) is 1.